The van der Waals surface area contributed by atoms with Crippen LogP contribution >= 0.6 is 0 Å². The Labute approximate surface area is 119 Å². The van der Waals surface area contributed by atoms with Crippen LogP contribution in [0.15, 0.2) is 18.2 Å². The number of hydrogen-bond donors (Lipinski definition) is 1. The summed E-state index contributed by atoms with van der Waals surface area (Å²) >= 11 is 0. The third kappa shape index (κ3) is 3.03. The van der Waals surface area contributed by atoms with Crippen LogP contribution in [0.5, 0.6) is 11.5 Å². The molecular formula is C15H20N2O3. The topological polar surface area (TPSA) is 65.7 Å². The first-order valence-electron chi connectivity index (χ1n) is 6.73. The van der Waals surface area contributed by atoms with E-state index in [0.29, 0.717) is 37.4 Å². The van der Waals surface area contributed by atoms with E-state index in [1.807, 2.05) is 12.1 Å². The number of aliphatic hydroxyl groups is 1. The molecule has 20 heavy (non-hydrogen) atoms. The molecule has 1 aliphatic heterocycles. The zero-order chi connectivity index (χ0) is 14.5. The number of likely N-dealkylation sites (tertiary alicyclic amines) is 1. The summed E-state index contributed by atoms with van der Waals surface area (Å²) in [5.74, 6) is 1.36. The van der Waals surface area contributed by atoms with Gasteiger partial charge in [-0.3, -0.25) is 4.90 Å². The molecule has 0 aromatic heterocycles. The van der Waals surface area contributed by atoms with Crippen molar-refractivity contribution < 1.29 is 14.6 Å². The van der Waals surface area contributed by atoms with Gasteiger partial charge < -0.3 is 14.6 Å². The molecule has 1 N–H and O–H groups in total. The molecule has 1 atom stereocenters. The third-order valence-electron chi connectivity index (χ3n) is 3.72. The highest BCUT2D eigenvalue weighted by Gasteiger charge is 2.27. The summed E-state index contributed by atoms with van der Waals surface area (Å²) in [6, 6.07) is 7.48. The number of benzene rings is 1. The molecule has 2 rings (SSSR count). The highest BCUT2D eigenvalue weighted by atomic mass is 16.5. The lowest BCUT2D eigenvalue weighted by Gasteiger charge is -2.33. The zero-order valence-electron chi connectivity index (χ0n) is 11.9. The van der Waals surface area contributed by atoms with Crippen LogP contribution in [0, 0.1) is 11.3 Å². The van der Waals surface area contributed by atoms with Crippen molar-refractivity contribution in [2.75, 3.05) is 27.3 Å². The quantitative estimate of drug-likeness (QED) is 0.907. The number of nitrogens with zero attached hydrogens (tertiary/aromatic N) is 2. The average molecular weight is 276 g/mol. The number of hydrogen-bond acceptors (Lipinski definition) is 5. The molecule has 1 unspecified atom stereocenters. The zero-order valence-corrected chi connectivity index (χ0v) is 11.9. The summed E-state index contributed by atoms with van der Waals surface area (Å²) in [6.07, 6.45) is 1.16. The van der Waals surface area contributed by atoms with E-state index in [9.17, 15) is 10.4 Å². The Morgan fingerprint density at radius 3 is 2.55 bits per heavy atom. The number of methoxy groups -OCH3 is 2. The molecule has 1 fully saturated rings. The third-order valence-corrected chi connectivity index (χ3v) is 3.72. The van der Waals surface area contributed by atoms with Gasteiger partial charge in [-0.05, 0) is 25.0 Å². The average Bonchev–Trinajstić information content (AvgIpc) is 2.50. The highest BCUT2D eigenvalue weighted by Crippen LogP contribution is 2.33. The van der Waals surface area contributed by atoms with Gasteiger partial charge >= 0.3 is 0 Å². The molecule has 1 aromatic carbocycles. The first-order valence-corrected chi connectivity index (χ1v) is 6.73. The molecule has 0 spiro atoms. The van der Waals surface area contributed by atoms with Gasteiger partial charge in [-0.1, -0.05) is 0 Å². The molecule has 1 aliphatic rings. The minimum Gasteiger partial charge on any atom is -0.497 e. The summed E-state index contributed by atoms with van der Waals surface area (Å²) in [4.78, 5) is 2.08. The van der Waals surface area contributed by atoms with E-state index >= 15 is 0 Å². The minimum atomic E-state index is -0.358. The molecule has 0 radical (unpaired) electrons. The lowest BCUT2D eigenvalue weighted by atomic mass is 10.0. The highest BCUT2D eigenvalue weighted by molar-refractivity contribution is 5.44. The minimum absolute atomic E-state index is 0.247. The van der Waals surface area contributed by atoms with Gasteiger partial charge in [0.2, 0.25) is 0 Å². The number of rotatable bonds is 4. The monoisotopic (exact) mass is 276 g/mol. The molecule has 5 heteroatoms. The fraction of sp³-hybridized carbons (Fsp3) is 0.533. The number of nitriles is 1. The van der Waals surface area contributed by atoms with E-state index < -0.39 is 0 Å². The van der Waals surface area contributed by atoms with Crippen LogP contribution in [0.25, 0.3) is 0 Å². The van der Waals surface area contributed by atoms with Crippen LogP contribution < -0.4 is 9.47 Å². The van der Waals surface area contributed by atoms with Crippen LogP contribution in [0.3, 0.4) is 0 Å². The largest absolute Gasteiger partial charge is 0.497 e. The van der Waals surface area contributed by atoms with Gasteiger partial charge in [0, 0.05) is 24.7 Å². The standard InChI is InChI=1S/C15H20N2O3/c1-19-12-3-4-13(15(9-12)20-2)14(10-16)17-7-5-11(18)6-8-17/h3-4,9,11,14,18H,5-8H2,1-2H3. The summed E-state index contributed by atoms with van der Waals surface area (Å²) in [6.45, 7) is 1.43. The summed E-state index contributed by atoms with van der Waals surface area (Å²) < 4.78 is 10.6. The summed E-state index contributed by atoms with van der Waals surface area (Å²) in [7, 11) is 3.19. The van der Waals surface area contributed by atoms with Gasteiger partial charge in [0.05, 0.1) is 26.4 Å². The van der Waals surface area contributed by atoms with Crippen molar-refractivity contribution in [1.82, 2.24) is 4.90 Å². The second kappa shape index (κ2) is 6.60. The van der Waals surface area contributed by atoms with Gasteiger partial charge in [0.25, 0.3) is 0 Å². The molecule has 1 aromatic rings. The van der Waals surface area contributed by atoms with Crippen LogP contribution in [0.4, 0.5) is 0 Å². The van der Waals surface area contributed by atoms with Crippen LogP contribution in [0.2, 0.25) is 0 Å². The normalized spacial score (nSPS) is 18.3. The lowest BCUT2D eigenvalue weighted by molar-refractivity contribution is 0.0712. The lowest BCUT2D eigenvalue weighted by Crippen LogP contribution is -2.38. The Kier molecular flexibility index (Phi) is 4.83. The van der Waals surface area contributed by atoms with Crippen molar-refractivity contribution in [3.05, 3.63) is 23.8 Å². The van der Waals surface area contributed by atoms with Gasteiger partial charge in [0.1, 0.15) is 17.5 Å². The van der Waals surface area contributed by atoms with Crippen molar-refractivity contribution in [1.29, 1.82) is 5.26 Å². The summed E-state index contributed by atoms with van der Waals surface area (Å²) in [5.41, 5.74) is 0.840. The smallest absolute Gasteiger partial charge is 0.128 e. The fourth-order valence-electron chi connectivity index (χ4n) is 2.54. The SMILES string of the molecule is COc1ccc(C(C#N)N2CCC(O)CC2)c(OC)c1. The van der Waals surface area contributed by atoms with Gasteiger partial charge in [0.15, 0.2) is 0 Å². The predicted octanol–water partition coefficient (Wildman–Crippen LogP) is 1.73. The number of aliphatic hydroxyl groups excluding tert-OH is 1. The molecule has 1 saturated heterocycles. The molecule has 1 heterocycles. The van der Waals surface area contributed by atoms with E-state index in [-0.39, 0.29) is 12.1 Å². The van der Waals surface area contributed by atoms with Gasteiger partial charge in [-0.25, -0.2) is 0 Å². The number of piperidine rings is 1. The van der Waals surface area contributed by atoms with Crippen LogP contribution in [-0.4, -0.2) is 43.4 Å². The number of ether oxygens (including phenoxy) is 2. The van der Waals surface area contributed by atoms with Crippen molar-refractivity contribution in [2.24, 2.45) is 0 Å². The fourth-order valence-corrected chi connectivity index (χ4v) is 2.54. The first kappa shape index (κ1) is 14.6. The van der Waals surface area contributed by atoms with Gasteiger partial charge in [-0.2, -0.15) is 5.26 Å². The summed E-state index contributed by atoms with van der Waals surface area (Å²) in [5, 5.41) is 19.1. The molecule has 0 bridgehead atoms. The van der Waals surface area contributed by atoms with E-state index in [0.717, 1.165) is 5.56 Å². The Balaban J connectivity index is 2.25. The second-order valence-electron chi connectivity index (χ2n) is 4.91. The molecule has 0 aliphatic carbocycles. The van der Waals surface area contributed by atoms with Crippen LogP contribution in [0.1, 0.15) is 24.4 Å². The van der Waals surface area contributed by atoms with Crippen molar-refractivity contribution in [2.45, 2.75) is 25.0 Å². The molecule has 108 valence electrons. The predicted molar refractivity (Wildman–Crippen MR) is 74.7 cm³/mol. The first-order chi connectivity index (χ1) is 9.69. The van der Waals surface area contributed by atoms with E-state index in [2.05, 4.69) is 11.0 Å². The van der Waals surface area contributed by atoms with Gasteiger partial charge in [-0.15, -0.1) is 0 Å². The Morgan fingerprint density at radius 2 is 2.00 bits per heavy atom. The Hall–Kier alpha value is -1.77. The van der Waals surface area contributed by atoms with Crippen molar-refractivity contribution >= 4 is 0 Å². The van der Waals surface area contributed by atoms with E-state index in [1.54, 1.807) is 20.3 Å². The maximum absolute atomic E-state index is 9.57. The maximum Gasteiger partial charge on any atom is 0.128 e. The van der Waals surface area contributed by atoms with Crippen molar-refractivity contribution in [3.8, 4) is 17.6 Å². The van der Waals surface area contributed by atoms with E-state index in [4.69, 9.17) is 9.47 Å². The van der Waals surface area contributed by atoms with Crippen molar-refractivity contribution in [3.63, 3.8) is 0 Å². The molecular weight excluding hydrogens is 256 g/mol. The van der Waals surface area contributed by atoms with Crippen LogP contribution in [-0.2, 0) is 0 Å². The molecule has 0 amide bonds. The second-order valence-corrected chi connectivity index (χ2v) is 4.91. The Morgan fingerprint density at radius 1 is 1.30 bits per heavy atom. The Bertz CT molecular complexity index is 490. The molecule has 5 nitrogen and oxygen atoms in total. The van der Waals surface area contributed by atoms with E-state index in [1.165, 1.54) is 0 Å². The maximum atomic E-state index is 9.57. The molecule has 0 saturated carbocycles.